The number of hydrogen-bond acceptors (Lipinski definition) is 4. The van der Waals surface area contributed by atoms with Gasteiger partial charge >= 0.3 is 0 Å². The summed E-state index contributed by atoms with van der Waals surface area (Å²) in [6.45, 7) is 4.21. The maximum Gasteiger partial charge on any atom is 0.246 e. The fraction of sp³-hybridized carbons (Fsp3) is 0.500. The SMILES string of the molecule is CC(=O)N1CCC[C@@]1(Cc1cc(-c2ccccc2)no1)C(=O)NC1(C)CCC1. The van der Waals surface area contributed by atoms with E-state index in [4.69, 9.17) is 4.52 Å². The molecule has 1 aromatic carbocycles. The van der Waals surface area contributed by atoms with E-state index in [-0.39, 0.29) is 17.4 Å². The summed E-state index contributed by atoms with van der Waals surface area (Å²) in [4.78, 5) is 27.5. The first-order chi connectivity index (χ1) is 13.4. The number of benzene rings is 1. The van der Waals surface area contributed by atoms with Crippen molar-refractivity contribution in [2.75, 3.05) is 6.54 Å². The zero-order valence-electron chi connectivity index (χ0n) is 16.5. The van der Waals surface area contributed by atoms with E-state index in [0.717, 1.165) is 36.9 Å². The molecule has 1 N–H and O–H groups in total. The molecule has 148 valence electrons. The Morgan fingerprint density at radius 3 is 2.57 bits per heavy atom. The molecule has 2 aromatic rings. The van der Waals surface area contributed by atoms with Gasteiger partial charge in [0.25, 0.3) is 0 Å². The van der Waals surface area contributed by atoms with Crippen LogP contribution in [0.3, 0.4) is 0 Å². The van der Waals surface area contributed by atoms with Gasteiger partial charge in [0.15, 0.2) is 0 Å². The quantitative estimate of drug-likeness (QED) is 0.862. The van der Waals surface area contributed by atoms with Crippen LogP contribution in [0.5, 0.6) is 0 Å². The molecule has 1 aromatic heterocycles. The third-order valence-electron chi connectivity index (χ3n) is 6.26. The Kier molecular flexibility index (Phi) is 4.73. The third-order valence-corrected chi connectivity index (χ3v) is 6.26. The number of carbonyl (C=O) groups is 2. The van der Waals surface area contributed by atoms with E-state index >= 15 is 0 Å². The second-order valence-electron chi connectivity index (χ2n) is 8.40. The summed E-state index contributed by atoms with van der Waals surface area (Å²) in [5.74, 6) is 0.482. The molecule has 0 unspecified atom stereocenters. The van der Waals surface area contributed by atoms with Crippen LogP contribution in [-0.2, 0) is 16.0 Å². The Morgan fingerprint density at radius 1 is 1.18 bits per heavy atom. The highest BCUT2D eigenvalue weighted by atomic mass is 16.5. The van der Waals surface area contributed by atoms with Gasteiger partial charge in [0.1, 0.15) is 17.0 Å². The molecular formula is C22H27N3O3. The molecule has 6 nitrogen and oxygen atoms in total. The number of likely N-dealkylation sites (tertiary alicyclic amines) is 1. The minimum Gasteiger partial charge on any atom is -0.361 e. The van der Waals surface area contributed by atoms with E-state index in [0.29, 0.717) is 25.1 Å². The van der Waals surface area contributed by atoms with Gasteiger partial charge in [-0.15, -0.1) is 0 Å². The minimum absolute atomic E-state index is 0.0694. The van der Waals surface area contributed by atoms with Crippen LogP contribution in [0.1, 0.15) is 51.7 Å². The van der Waals surface area contributed by atoms with Gasteiger partial charge in [0.2, 0.25) is 11.8 Å². The Morgan fingerprint density at radius 2 is 1.93 bits per heavy atom. The highest BCUT2D eigenvalue weighted by Crippen LogP contribution is 2.37. The number of nitrogens with zero attached hydrogens (tertiary/aromatic N) is 2. The van der Waals surface area contributed by atoms with E-state index in [9.17, 15) is 9.59 Å². The van der Waals surface area contributed by atoms with E-state index in [1.54, 1.807) is 4.90 Å². The van der Waals surface area contributed by atoms with Crippen LogP contribution in [0.15, 0.2) is 40.9 Å². The van der Waals surface area contributed by atoms with Crippen molar-refractivity contribution in [3.8, 4) is 11.3 Å². The summed E-state index contributed by atoms with van der Waals surface area (Å²) >= 11 is 0. The molecule has 2 amide bonds. The van der Waals surface area contributed by atoms with Gasteiger partial charge in [0, 0.05) is 37.1 Å². The standard InChI is InChI=1S/C22H27N3O3/c1-16(26)25-13-7-12-22(25,20(27)23-21(2)10-6-11-21)15-18-14-19(24-28-18)17-8-4-3-5-9-17/h3-5,8-9,14H,6-7,10-13,15H2,1-2H3,(H,23,27)/t22-/m1/s1. The topological polar surface area (TPSA) is 75.4 Å². The normalized spacial score (nSPS) is 23.3. The first kappa shape index (κ1) is 18.7. The predicted octanol–water partition coefficient (Wildman–Crippen LogP) is 3.32. The van der Waals surface area contributed by atoms with Crippen LogP contribution < -0.4 is 5.32 Å². The second kappa shape index (κ2) is 7.08. The lowest BCUT2D eigenvalue weighted by atomic mass is 9.77. The highest BCUT2D eigenvalue weighted by molar-refractivity contribution is 5.92. The van der Waals surface area contributed by atoms with Crippen molar-refractivity contribution in [1.29, 1.82) is 0 Å². The predicted molar refractivity (Wildman–Crippen MR) is 105 cm³/mol. The highest BCUT2D eigenvalue weighted by Gasteiger charge is 2.51. The van der Waals surface area contributed by atoms with Crippen LogP contribution in [0.4, 0.5) is 0 Å². The molecule has 6 heteroatoms. The smallest absolute Gasteiger partial charge is 0.246 e. The number of carbonyl (C=O) groups excluding carboxylic acids is 2. The summed E-state index contributed by atoms with van der Waals surface area (Å²) in [5.41, 5.74) is 0.640. The van der Waals surface area contributed by atoms with Gasteiger partial charge in [-0.05, 0) is 39.0 Å². The second-order valence-corrected chi connectivity index (χ2v) is 8.40. The van der Waals surface area contributed by atoms with Crippen molar-refractivity contribution < 1.29 is 14.1 Å². The molecule has 2 aliphatic rings. The number of hydrogen-bond donors (Lipinski definition) is 1. The third kappa shape index (κ3) is 3.32. The molecular weight excluding hydrogens is 354 g/mol. The zero-order chi connectivity index (χ0) is 19.8. The Balaban J connectivity index is 1.62. The molecule has 1 aliphatic carbocycles. The Hall–Kier alpha value is -2.63. The first-order valence-electron chi connectivity index (χ1n) is 10.0. The van der Waals surface area contributed by atoms with Crippen LogP contribution in [0.25, 0.3) is 11.3 Å². The van der Waals surface area contributed by atoms with Gasteiger partial charge in [0.05, 0.1) is 0 Å². The van der Waals surface area contributed by atoms with Crippen molar-refractivity contribution in [3.63, 3.8) is 0 Å². The van der Waals surface area contributed by atoms with Gasteiger partial charge < -0.3 is 14.7 Å². The largest absolute Gasteiger partial charge is 0.361 e. The molecule has 28 heavy (non-hydrogen) atoms. The average molecular weight is 381 g/mol. The van der Waals surface area contributed by atoms with Crippen molar-refractivity contribution in [2.45, 2.75) is 63.5 Å². The first-order valence-corrected chi connectivity index (χ1v) is 10.0. The van der Waals surface area contributed by atoms with Gasteiger partial charge in [-0.1, -0.05) is 35.5 Å². The van der Waals surface area contributed by atoms with Crippen molar-refractivity contribution in [3.05, 3.63) is 42.2 Å². The number of nitrogens with one attached hydrogen (secondary N) is 1. The van der Waals surface area contributed by atoms with Crippen molar-refractivity contribution in [2.24, 2.45) is 0 Å². The summed E-state index contributed by atoms with van der Waals surface area (Å²) in [5, 5.41) is 7.40. The summed E-state index contributed by atoms with van der Waals surface area (Å²) in [7, 11) is 0. The summed E-state index contributed by atoms with van der Waals surface area (Å²) in [6, 6.07) is 11.7. The molecule has 0 bridgehead atoms. The van der Waals surface area contributed by atoms with Gasteiger partial charge in [-0.3, -0.25) is 9.59 Å². The maximum absolute atomic E-state index is 13.4. The minimum atomic E-state index is -0.905. The van der Waals surface area contributed by atoms with Crippen LogP contribution >= 0.6 is 0 Å². The average Bonchev–Trinajstić information content (AvgIpc) is 3.29. The lowest BCUT2D eigenvalue weighted by Gasteiger charge is -2.44. The maximum atomic E-state index is 13.4. The number of rotatable bonds is 5. The Bertz CT molecular complexity index is 872. The van der Waals surface area contributed by atoms with Gasteiger partial charge in [-0.25, -0.2) is 0 Å². The van der Waals surface area contributed by atoms with Crippen LogP contribution in [0, 0.1) is 0 Å². The fourth-order valence-corrected chi connectivity index (χ4v) is 4.49. The summed E-state index contributed by atoms with van der Waals surface area (Å²) in [6.07, 6.45) is 4.88. The molecule has 0 radical (unpaired) electrons. The number of aromatic nitrogens is 1. The molecule has 1 atom stereocenters. The number of amides is 2. The van der Waals surface area contributed by atoms with Gasteiger partial charge in [-0.2, -0.15) is 0 Å². The van der Waals surface area contributed by atoms with E-state index < -0.39 is 5.54 Å². The molecule has 2 heterocycles. The Labute approximate surface area is 165 Å². The molecule has 1 saturated heterocycles. The molecule has 0 spiro atoms. The lowest BCUT2D eigenvalue weighted by molar-refractivity contribution is -0.145. The molecule has 2 fully saturated rings. The van der Waals surface area contributed by atoms with Crippen molar-refractivity contribution in [1.82, 2.24) is 15.4 Å². The summed E-state index contributed by atoms with van der Waals surface area (Å²) < 4.78 is 5.59. The zero-order valence-corrected chi connectivity index (χ0v) is 16.5. The van der Waals surface area contributed by atoms with Crippen LogP contribution in [0.2, 0.25) is 0 Å². The molecule has 1 aliphatic heterocycles. The molecule has 4 rings (SSSR count). The monoisotopic (exact) mass is 381 g/mol. The van der Waals surface area contributed by atoms with E-state index in [1.807, 2.05) is 36.4 Å². The lowest BCUT2D eigenvalue weighted by Crippen LogP contribution is -2.63. The molecule has 1 saturated carbocycles. The van der Waals surface area contributed by atoms with Crippen molar-refractivity contribution >= 4 is 11.8 Å². The van der Waals surface area contributed by atoms with E-state index in [1.165, 1.54) is 6.92 Å². The fourth-order valence-electron chi connectivity index (χ4n) is 4.49. The van der Waals surface area contributed by atoms with Crippen LogP contribution in [-0.4, -0.2) is 39.5 Å². The van der Waals surface area contributed by atoms with E-state index in [2.05, 4.69) is 17.4 Å².